The highest BCUT2D eigenvalue weighted by Crippen LogP contribution is 2.29. The zero-order valence-electron chi connectivity index (χ0n) is 6.79. The molecule has 1 aromatic heterocycles. The van der Waals surface area contributed by atoms with Gasteiger partial charge in [-0.1, -0.05) is 0 Å². The molecule has 1 nitrogen and oxygen atoms in total. The fourth-order valence-corrected chi connectivity index (χ4v) is 2.50. The predicted molar refractivity (Wildman–Crippen MR) is 49.4 cm³/mol. The van der Waals surface area contributed by atoms with E-state index in [1.54, 1.807) is 11.3 Å². The Hall–Kier alpha value is -0.410. The molecule has 3 heteroatoms. The van der Waals surface area contributed by atoms with Crippen LogP contribution >= 0.6 is 11.3 Å². The molecule has 2 rings (SSSR count). The first kappa shape index (κ1) is 8.20. The predicted octanol–water partition coefficient (Wildman–Crippen LogP) is 2.02. The molecule has 0 unspecified atom stereocenters. The van der Waals surface area contributed by atoms with Gasteiger partial charge in [0, 0.05) is 24.9 Å². The van der Waals surface area contributed by atoms with Crippen molar-refractivity contribution in [2.75, 3.05) is 19.8 Å². The number of halogens is 1. The Kier molecular flexibility index (Phi) is 2.42. The lowest BCUT2D eigenvalue weighted by Gasteiger charge is -2.12. The van der Waals surface area contributed by atoms with Crippen LogP contribution in [-0.4, -0.2) is 19.8 Å². The molecule has 0 spiro atoms. The Morgan fingerprint density at radius 2 is 2.50 bits per heavy atom. The van der Waals surface area contributed by atoms with Crippen molar-refractivity contribution >= 4 is 11.3 Å². The molecule has 1 aromatic rings. The highest BCUT2D eigenvalue weighted by atomic mass is 32.1. The summed E-state index contributed by atoms with van der Waals surface area (Å²) >= 11 is 1.69. The second kappa shape index (κ2) is 3.54. The van der Waals surface area contributed by atoms with Crippen molar-refractivity contribution in [3.8, 4) is 0 Å². The Balaban J connectivity index is 2.13. The lowest BCUT2D eigenvalue weighted by molar-refractivity contribution is 0.359. The van der Waals surface area contributed by atoms with Crippen LogP contribution in [0.3, 0.4) is 0 Å². The molecule has 1 saturated heterocycles. The highest BCUT2D eigenvalue weighted by Gasteiger charge is 2.28. The van der Waals surface area contributed by atoms with Crippen LogP contribution in [0.25, 0.3) is 0 Å². The summed E-state index contributed by atoms with van der Waals surface area (Å²) in [7, 11) is 0. The van der Waals surface area contributed by atoms with Crippen molar-refractivity contribution in [1.82, 2.24) is 5.32 Å². The van der Waals surface area contributed by atoms with Crippen LogP contribution in [0.4, 0.5) is 4.39 Å². The first-order valence-electron chi connectivity index (χ1n) is 4.20. The fraction of sp³-hybridized carbons (Fsp3) is 0.556. The highest BCUT2D eigenvalue weighted by molar-refractivity contribution is 7.07. The largest absolute Gasteiger partial charge is 0.316 e. The van der Waals surface area contributed by atoms with E-state index in [1.165, 1.54) is 5.56 Å². The Morgan fingerprint density at radius 1 is 1.58 bits per heavy atom. The normalized spacial score (nSPS) is 29.4. The molecule has 1 aliphatic rings. The molecule has 0 bridgehead atoms. The van der Waals surface area contributed by atoms with Gasteiger partial charge in [0.05, 0.1) is 6.67 Å². The average molecular weight is 185 g/mol. The van der Waals surface area contributed by atoms with E-state index in [4.69, 9.17) is 0 Å². The van der Waals surface area contributed by atoms with E-state index in [0.29, 0.717) is 5.92 Å². The van der Waals surface area contributed by atoms with Crippen LogP contribution in [0.1, 0.15) is 11.5 Å². The van der Waals surface area contributed by atoms with Gasteiger partial charge in [0.25, 0.3) is 0 Å². The topological polar surface area (TPSA) is 12.0 Å². The van der Waals surface area contributed by atoms with Gasteiger partial charge in [0.1, 0.15) is 0 Å². The molecule has 0 aliphatic carbocycles. The van der Waals surface area contributed by atoms with Crippen molar-refractivity contribution in [3.63, 3.8) is 0 Å². The van der Waals surface area contributed by atoms with E-state index in [0.717, 1.165) is 13.1 Å². The lowest BCUT2D eigenvalue weighted by atomic mass is 9.92. The molecule has 0 aromatic carbocycles. The van der Waals surface area contributed by atoms with Crippen LogP contribution in [-0.2, 0) is 0 Å². The summed E-state index contributed by atoms with van der Waals surface area (Å²) in [5.74, 6) is 0.598. The summed E-state index contributed by atoms with van der Waals surface area (Å²) in [5.41, 5.74) is 1.30. The molecule has 0 saturated carbocycles. The van der Waals surface area contributed by atoms with Crippen LogP contribution < -0.4 is 5.32 Å². The van der Waals surface area contributed by atoms with E-state index >= 15 is 0 Å². The maximum Gasteiger partial charge on any atom is 0.0941 e. The second-order valence-electron chi connectivity index (χ2n) is 3.24. The summed E-state index contributed by atoms with van der Waals surface area (Å²) in [4.78, 5) is 0. The number of hydrogen-bond donors (Lipinski definition) is 1. The van der Waals surface area contributed by atoms with Crippen molar-refractivity contribution in [3.05, 3.63) is 22.4 Å². The lowest BCUT2D eigenvalue weighted by Crippen LogP contribution is -2.11. The summed E-state index contributed by atoms with van der Waals surface area (Å²) in [6.07, 6.45) is 0. The zero-order valence-corrected chi connectivity index (χ0v) is 7.61. The number of alkyl halides is 1. The number of hydrogen-bond acceptors (Lipinski definition) is 2. The minimum atomic E-state index is -0.201. The number of nitrogens with one attached hydrogen (secondary N) is 1. The first-order valence-corrected chi connectivity index (χ1v) is 5.15. The average Bonchev–Trinajstić information content (AvgIpc) is 2.74. The van der Waals surface area contributed by atoms with Crippen LogP contribution in [0.15, 0.2) is 16.8 Å². The number of rotatable bonds is 2. The van der Waals surface area contributed by atoms with Gasteiger partial charge in [-0.25, -0.2) is 0 Å². The van der Waals surface area contributed by atoms with Crippen molar-refractivity contribution in [2.45, 2.75) is 5.92 Å². The molecular formula is C9H12FNS. The molecule has 2 heterocycles. The summed E-state index contributed by atoms with van der Waals surface area (Å²) in [5, 5.41) is 7.41. The Morgan fingerprint density at radius 3 is 3.17 bits per heavy atom. The molecule has 0 radical (unpaired) electrons. The quantitative estimate of drug-likeness (QED) is 0.743. The Labute approximate surface area is 75.6 Å². The van der Waals surface area contributed by atoms with E-state index in [9.17, 15) is 4.39 Å². The van der Waals surface area contributed by atoms with E-state index < -0.39 is 0 Å². The summed E-state index contributed by atoms with van der Waals surface area (Å²) in [6.45, 7) is 1.57. The number of thiophene rings is 1. The third-order valence-corrected chi connectivity index (χ3v) is 3.21. The SMILES string of the molecule is FC[C@@H]1CNC[C@H]1c1ccsc1. The smallest absolute Gasteiger partial charge is 0.0941 e. The monoisotopic (exact) mass is 185 g/mol. The summed E-state index contributed by atoms with van der Waals surface area (Å²) < 4.78 is 12.5. The molecule has 66 valence electrons. The third-order valence-electron chi connectivity index (χ3n) is 2.51. The van der Waals surface area contributed by atoms with Crippen LogP contribution in [0.5, 0.6) is 0 Å². The van der Waals surface area contributed by atoms with Gasteiger partial charge >= 0.3 is 0 Å². The van der Waals surface area contributed by atoms with Crippen molar-refractivity contribution in [2.24, 2.45) is 5.92 Å². The van der Waals surface area contributed by atoms with Gasteiger partial charge in [0.15, 0.2) is 0 Å². The Bertz CT molecular complexity index is 235. The molecular weight excluding hydrogens is 173 g/mol. The fourth-order valence-electron chi connectivity index (χ4n) is 1.77. The molecule has 1 N–H and O–H groups in total. The zero-order chi connectivity index (χ0) is 8.39. The summed E-state index contributed by atoms with van der Waals surface area (Å²) in [6, 6.07) is 2.10. The van der Waals surface area contributed by atoms with Crippen molar-refractivity contribution < 1.29 is 4.39 Å². The molecule has 0 amide bonds. The maximum absolute atomic E-state index is 12.5. The van der Waals surface area contributed by atoms with E-state index in [2.05, 4.69) is 22.1 Å². The molecule has 1 aliphatic heterocycles. The minimum Gasteiger partial charge on any atom is -0.316 e. The molecule has 12 heavy (non-hydrogen) atoms. The van der Waals surface area contributed by atoms with Gasteiger partial charge in [-0.05, 0) is 22.4 Å². The molecule has 2 atom stereocenters. The van der Waals surface area contributed by atoms with Gasteiger partial charge in [0.2, 0.25) is 0 Å². The van der Waals surface area contributed by atoms with Gasteiger partial charge < -0.3 is 5.32 Å². The van der Waals surface area contributed by atoms with Gasteiger partial charge in [-0.15, -0.1) is 0 Å². The third kappa shape index (κ3) is 1.39. The van der Waals surface area contributed by atoms with Gasteiger partial charge in [-0.3, -0.25) is 4.39 Å². The minimum absolute atomic E-state index is 0.194. The van der Waals surface area contributed by atoms with Crippen LogP contribution in [0, 0.1) is 5.92 Å². The van der Waals surface area contributed by atoms with E-state index in [-0.39, 0.29) is 12.6 Å². The first-order chi connectivity index (χ1) is 5.92. The van der Waals surface area contributed by atoms with Crippen LogP contribution in [0.2, 0.25) is 0 Å². The molecule has 1 fully saturated rings. The second-order valence-corrected chi connectivity index (χ2v) is 4.02. The van der Waals surface area contributed by atoms with Gasteiger partial charge in [-0.2, -0.15) is 11.3 Å². The maximum atomic E-state index is 12.5. The standard InChI is InChI=1S/C9H12FNS/c10-3-8-4-11-5-9(8)7-1-2-12-6-7/h1-2,6,8-9,11H,3-5H2/t8-,9+/m1/s1. The van der Waals surface area contributed by atoms with E-state index in [1.807, 2.05) is 0 Å². The van der Waals surface area contributed by atoms with Crippen molar-refractivity contribution in [1.29, 1.82) is 0 Å².